The summed E-state index contributed by atoms with van der Waals surface area (Å²) in [6.45, 7) is 0. The minimum Gasteiger partial charge on any atom is -0.204 e. The molecule has 1 aromatic rings. The topological polar surface area (TPSA) is 3.24 Å². The molecule has 1 aliphatic heterocycles. The molecule has 86 valence electrons. The number of hydrogen-bond donors (Lipinski definition) is 0. The minimum absolute atomic E-state index is 0.188. The molecule has 0 aliphatic carbocycles. The molecule has 1 aliphatic rings. The Hall–Kier alpha value is -1.59. The molecule has 1 nitrogen and oxygen atoms in total. The fourth-order valence-electron chi connectivity index (χ4n) is 1.53. The van der Waals surface area contributed by atoms with Crippen LogP contribution in [-0.2, 0) is 5.79 Å². The van der Waals surface area contributed by atoms with E-state index in [4.69, 9.17) is 0 Å². The lowest BCUT2D eigenvalue weighted by Crippen LogP contribution is -2.45. The van der Waals surface area contributed by atoms with Crippen LogP contribution in [0.5, 0.6) is 0 Å². The molecule has 0 bridgehead atoms. The normalized spacial score (nSPS) is 28.1. The van der Waals surface area contributed by atoms with Crippen molar-refractivity contribution >= 4 is 0 Å². The van der Waals surface area contributed by atoms with E-state index >= 15 is 0 Å². The van der Waals surface area contributed by atoms with E-state index in [2.05, 4.69) is 0 Å². The number of halogens is 5. The van der Waals surface area contributed by atoms with Gasteiger partial charge in [-0.25, -0.2) is 8.78 Å². The largest absolute Gasteiger partial charge is 0.358 e. The molecule has 0 amide bonds. The maximum absolute atomic E-state index is 14.0. The lowest BCUT2D eigenvalue weighted by atomic mass is 9.99. The van der Waals surface area contributed by atoms with E-state index in [1.54, 1.807) is 0 Å². The summed E-state index contributed by atoms with van der Waals surface area (Å²) >= 11 is 0. The van der Waals surface area contributed by atoms with E-state index in [1.165, 1.54) is 18.2 Å². The van der Waals surface area contributed by atoms with Crippen LogP contribution in [0.1, 0.15) is 5.56 Å². The Balaban J connectivity index is 2.55. The average Bonchev–Trinajstić information content (AvgIpc) is 2.42. The molecule has 0 spiro atoms. The molecular weight excluding hydrogens is 229 g/mol. The molecule has 1 unspecified atom stereocenters. The Morgan fingerprint density at radius 3 is 2.00 bits per heavy atom. The lowest BCUT2D eigenvalue weighted by molar-refractivity contribution is -0.226. The maximum Gasteiger partial charge on any atom is 0.358 e. The molecule has 16 heavy (non-hydrogen) atoms. The zero-order valence-corrected chi connectivity index (χ0v) is 7.80. The fourth-order valence-corrected chi connectivity index (χ4v) is 1.53. The van der Waals surface area contributed by atoms with Gasteiger partial charge in [-0.15, -0.1) is 0 Å². The van der Waals surface area contributed by atoms with Crippen LogP contribution in [0, 0.1) is 0 Å². The molecule has 1 aromatic carbocycles. The van der Waals surface area contributed by atoms with Crippen molar-refractivity contribution in [2.45, 2.75) is 11.7 Å². The van der Waals surface area contributed by atoms with Gasteiger partial charge in [0.2, 0.25) is 0 Å². The number of rotatable bonds is 1. The molecule has 1 atom stereocenters. The van der Waals surface area contributed by atoms with Crippen LogP contribution < -0.4 is 0 Å². The van der Waals surface area contributed by atoms with Gasteiger partial charge in [0.15, 0.2) is 5.83 Å². The van der Waals surface area contributed by atoms with Gasteiger partial charge in [-0.1, -0.05) is 34.8 Å². The van der Waals surface area contributed by atoms with Crippen LogP contribution in [0.15, 0.2) is 42.4 Å². The van der Waals surface area contributed by atoms with Crippen molar-refractivity contribution < 1.29 is 22.0 Å². The van der Waals surface area contributed by atoms with E-state index in [0.29, 0.717) is 0 Å². The van der Waals surface area contributed by atoms with Gasteiger partial charge in [0.1, 0.15) is 0 Å². The van der Waals surface area contributed by atoms with Gasteiger partial charge in [0.05, 0.1) is 6.20 Å². The van der Waals surface area contributed by atoms with E-state index in [9.17, 15) is 22.0 Å². The van der Waals surface area contributed by atoms with Crippen LogP contribution in [-0.4, -0.2) is 11.0 Å². The monoisotopic (exact) mass is 235 g/mol. The van der Waals surface area contributed by atoms with Gasteiger partial charge in [0.25, 0.3) is 0 Å². The smallest absolute Gasteiger partial charge is 0.204 e. The van der Waals surface area contributed by atoms with Crippen molar-refractivity contribution in [2.24, 2.45) is 0 Å². The number of nitrogens with zero attached hydrogens (tertiary/aromatic N) is 1. The summed E-state index contributed by atoms with van der Waals surface area (Å²) in [6.07, 6.45) is -0.188. The highest BCUT2D eigenvalue weighted by molar-refractivity contribution is 5.32. The summed E-state index contributed by atoms with van der Waals surface area (Å²) in [5.41, 5.74) is -0.647. The number of alkyl halides is 3. The molecule has 2 rings (SSSR count). The SMILES string of the molecule is FC1=CN(F)C(F)(c2ccccc2)C1(F)F. The van der Waals surface area contributed by atoms with Crippen LogP contribution in [0.25, 0.3) is 0 Å². The highest BCUT2D eigenvalue weighted by Gasteiger charge is 2.68. The Bertz CT molecular complexity index is 430. The highest BCUT2D eigenvalue weighted by atomic mass is 19.3. The first-order valence-corrected chi connectivity index (χ1v) is 4.36. The molecule has 0 radical (unpaired) electrons. The third-order valence-electron chi connectivity index (χ3n) is 2.39. The first-order chi connectivity index (χ1) is 7.40. The van der Waals surface area contributed by atoms with Crippen LogP contribution in [0.4, 0.5) is 22.0 Å². The molecule has 0 fully saturated rings. The van der Waals surface area contributed by atoms with E-state index in [0.717, 1.165) is 12.1 Å². The number of hydrogen-bond acceptors (Lipinski definition) is 1. The summed E-state index contributed by atoms with van der Waals surface area (Å²) < 4.78 is 66.2. The second kappa shape index (κ2) is 3.20. The Morgan fingerprint density at radius 1 is 1.00 bits per heavy atom. The zero-order chi connectivity index (χ0) is 12.0. The molecule has 0 saturated heterocycles. The predicted octanol–water partition coefficient (Wildman–Crippen LogP) is 3.46. The maximum atomic E-state index is 14.0. The van der Waals surface area contributed by atoms with Gasteiger partial charge in [-0.2, -0.15) is 13.9 Å². The van der Waals surface area contributed by atoms with Crippen LogP contribution in [0.2, 0.25) is 0 Å². The quantitative estimate of drug-likeness (QED) is 0.409. The summed E-state index contributed by atoms with van der Waals surface area (Å²) in [5, 5.41) is -0.947. The first-order valence-electron chi connectivity index (χ1n) is 4.36. The Labute approximate surface area is 87.7 Å². The van der Waals surface area contributed by atoms with Crippen molar-refractivity contribution in [2.75, 3.05) is 0 Å². The predicted molar refractivity (Wildman–Crippen MR) is 46.3 cm³/mol. The van der Waals surface area contributed by atoms with Crippen molar-refractivity contribution in [1.29, 1.82) is 0 Å². The third-order valence-corrected chi connectivity index (χ3v) is 2.39. The minimum atomic E-state index is -4.54. The molecule has 0 saturated carbocycles. The van der Waals surface area contributed by atoms with Crippen molar-refractivity contribution in [3.63, 3.8) is 0 Å². The van der Waals surface area contributed by atoms with Crippen molar-refractivity contribution in [3.8, 4) is 0 Å². The zero-order valence-electron chi connectivity index (χ0n) is 7.80. The van der Waals surface area contributed by atoms with E-state index in [1.807, 2.05) is 0 Å². The Kier molecular flexibility index (Phi) is 2.18. The van der Waals surface area contributed by atoms with Gasteiger partial charge < -0.3 is 0 Å². The molecule has 1 heterocycles. The first kappa shape index (κ1) is 10.9. The van der Waals surface area contributed by atoms with Crippen molar-refractivity contribution in [1.82, 2.24) is 5.12 Å². The summed E-state index contributed by atoms with van der Waals surface area (Å²) in [6, 6.07) is 5.90. The second-order valence-corrected chi connectivity index (χ2v) is 3.35. The molecule has 0 aromatic heterocycles. The molecule has 0 N–H and O–H groups in total. The van der Waals surface area contributed by atoms with Crippen LogP contribution in [0.3, 0.4) is 0 Å². The van der Waals surface area contributed by atoms with Gasteiger partial charge >= 0.3 is 11.7 Å². The summed E-state index contributed by atoms with van der Waals surface area (Å²) in [7, 11) is 0. The molecular formula is C10H6F5N. The van der Waals surface area contributed by atoms with Crippen LogP contribution >= 0.6 is 0 Å². The summed E-state index contributed by atoms with van der Waals surface area (Å²) in [5.74, 6) is -10.5. The number of benzene rings is 1. The second-order valence-electron chi connectivity index (χ2n) is 3.35. The Morgan fingerprint density at radius 2 is 1.56 bits per heavy atom. The lowest BCUT2D eigenvalue weighted by Gasteiger charge is -2.29. The van der Waals surface area contributed by atoms with Gasteiger partial charge in [0, 0.05) is 5.56 Å². The molecule has 6 heteroatoms. The standard InChI is InChI=1S/C10H6F5N/c11-8-6-16(15)10(14,9(8,12)13)7-4-2-1-3-5-7/h1-6H. The third kappa shape index (κ3) is 1.15. The fraction of sp³-hybridized carbons (Fsp3) is 0.200. The van der Waals surface area contributed by atoms with E-state index < -0.39 is 28.2 Å². The van der Waals surface area contributed by atoms with Gasteiger partial charge in [-0.3, -0.25) is 0 Å². The van der Waals surface area contributed by atoms with E-state index in [-0.39, 0.29) is 6.20 Å². The van der Waals surface area contributed by atoms with Crippen molar-refractivity contribution in [3.05, 3.63) is 47.9 Å². The summed E-state index contributed by atoms with van der Waals surface area (Å²) in [4.78, 5) is 0. The average molecular weight is 235 g/mol. The van der Waals surface area contributed by atoms with Gasteiger partial charge in [-0.05, 0) is 0 Å². The highest BCUT2D eigenvalue weighted by Crippen LogP contribution is 2.53.